The Labute approximate surface area is 71.6 Å². The van der Waals surface area contributed by atoms with E-state index in [1.807, 2.05) is 6.92 Å². The molecule has 0 aliphatic carbocycles. The van der Waals surface area contributed by atoms with Gasteiger partial charge in [-0.1, -0.05) is 0 Å². The quantitative estimate of drug-likeness (QED) is 0.378. The molecule has 4 heteroatoms. The van der Waals surface area contributed by atoms with Crippen LogP contribution in [0.1, 0.15) is 13.3 Å². The van der Waals surface area contributed by atoms with Crippen molar-refractivity contribution >= 4 is 10.5 Å². The average molecular weight is 178 g/mol. The Balaban J connectivity index is 2.69. The highest BCUT2D eigenvalue weighted by molar-refractivity contribution is 5.97. The second kappa shape index (κ2) is 10.1. The highest BCUT2D eigenvalue weighted by atomic mass is 28.2. The number of rotatable bonds is 8. The second-order valence-corrected chi connectivity index (χ2v) is 2.73. The first-order valence-corrected chi connectivity index (χ1v) is 4.88. The average Bonchev–Trinajstić information content (AvgIpc) is 2.03. The Kier molecular flexibility index (Phi) is 10.2. The minimum atomic E-state index is 0.703. The van der Waals surface area contributed by atoms with Crippen molar-refractivity contribution in [3.63, 3.8) is 0 Å². The number of hydrogen-bond acceptors (Lipinski definition) is 3. The standard InChI is InChI=1S/C7H18O3Si/c1-2-8-6-7-9-4-3-5-10-11/h2-7H2,1,11H3. The molecule has 0 saturated heterocycles. The maximum absolute atomic E-state index is 5.25. The predicted molar refractivity (Wildman–Crippen MR) is 47.8 cm³/mol. The Morgan fingerprint density at radius 2 is 1.73 bits per heavy atom. The molecule has 0 spiro atoms. The minimum absolute atomic E-state index is 0.703. The molecule has 0 aliphatic rings. The summed E-state index contributed by atoms with van der Waals surface area (Å²) in [6.45, 7) is 5.78. The van der Waals surface area contributed by atoms with Crippen molar-refractivity contribution in [3.8, 4) is 0 Å². The monoisotopic (exact) mass is 178 g/mol. The molecule has 0 aromatic heterocycles. The minimum Gasteiger partial charge on any atom is -0.428 e. The smallest absolute Gasteiger partial charge is 0.145 e. The second-order valence-electron chi connectivity index (χ2n) is 2.16. The molecule has 3 nitrogen and oxygen atoms in total. The van der Waals surface area contributed by atoms with Crippen LogP contribution in [0.15, 0.2) is 0 Å². The van der Waals surface area contributed by atoms with Crippen LogP contribution < -0.4 is 0 Å². The van der Waals surface area contributed by atoms with E-state index in [-0.39, 0.29) is 0 Å². The van der Waals surface area contributed by atoms with Gasteiger partial charge in [0.1, 0.15) is 10.5 Å². The van der Waals surface area contributed by atoms with Crippen LogP contribution in [0.3, 0.4) is 0 Å². The summed E-state index contributed by atoms with van der Waals surface area (Å²) < 4.78 is 15.3. The number of ether oxygens (including phenoxy) is 2. The Hall–Kier alpha value is 0.0969. The predicted octanol–water partition coefficient (Wildman–Crippen LogP) is -0.273. The van der Waals surface area contributed by atoms with Crippen LogP contribution in [0.5, 0.6) is 0 Å². The molecule has 68 valence electrons. The zero-order valence-corrected chi connectivity index (χ0v) is 9.47. The van der Waals surface area contributed by atoms with Crippen LogP contribution >= 0.6 is 0 Å². The summed E-state index contributed by atoms with van der Waals surface area (Å²) >= 11 is 0. The lowest BCUT2D eigenvalue weighted by Crippen LogP contribution is -2.06. The van der Waals surface area contributed by atoms with E-state index < -0.39 is 0 Å². The lowest BCUT2D eigenvalue weighted by Gasteiger charge is -2.03. The Morgan fingerprint density at radius 1 is 1.00 bits per heavy atom. The summed E-state index contributed by atoms with van der Waals surface area (Å²) in [5, 5.41) is 0. The Morgan fingerprint density at radius 3 is 2.36 bits per heavy atom. The normalized spacial score (nSPS) is 10.6. The molecule has 0 atom stereocenters. The van der Waals surface area contributed by atoms with Gasteiger partial charge < -0.3 is 13.9 Å². The molecule has 0 unspecified atom stereocenters. The zero-order valence-electron chi connectivity index (χ0n) is 7.47. The third kappa shape index (κ3) is 10.1. The van der Waals surface area contributed by atoms with Crippen molar-refractivity contribution in [2.24, 2.45) is 0 Å². The molecule has 0 rings (SSSR count). The van der Waals surface area contributed by atoms with E-state index in [1.165, 1.54) is 0 Å². The maximum Gasteiger partial charge on any atom is 0.145 e. The molecule has 0 aromatic carbocycles. The summed E-state index contributed by atoms with van der Waals surface area (Å²) in [5.41, 5.74) is 0. The van der Waals surface area contributed by atoms with Crippen molar-refractivity contribution in [1.82, 2.24) is 0 Å². The van der Waals surface area contributed by atoms with Gasteiger partial charge in [0, 0.05) is 19.8 Å². The van der Waals surface area contributed by atoms with Gasteiger partial charge in [-0.15, -0.1) is 0 Å². The lowest BCUT2D eigenvalue weighted by molar-refractivity contribution is 0.0486. The molecule has 0 bridgehead atoms. The third-order valence-electron chi connectivity index (χ3n) is 1.21. The van der Waals surface area contributed by atoms with Gasteiger partial charge in [0.2, 0.25) is 0 Å². The first-order chi connectivity index (χ1) is 5.41. The van der Waals surface area contributed by atoms with Crippen molar-refractivity contribution in [1.29, 1.82) is 0 Å². The van der Waals surface area contributed by atoms with E-state index in [9.17, 15) is 0 Å². The van der Waals surface area contributed by atoms with Gasteiger partial charge in [-0.25, -0.2) is 0 Å². The van der Waals surface area contributed by atoms with E-state index in [0.717, 1.165) is 36.7 Å². The van der Waals surface area contributed by atoms with Crippen LogP contribution in [-0.4, -0.2) is 43.5 Å². The summed E-state index contributed by atoms with van der Waals surface area (Å²) in [7, 11) is 0.829. The molecule has 0 aliphatic heterocycles. The van der Waals surface area contributed by atoms with Gasteiger partial charge in [-0.3, -0.25) is 0 Å². The molecule has 0 fully saturated rings. The van der Waals surface area contributed by atoms with Crippen LogP contribution in [0.2, 0.25) is 0 Å². The first-order valence-electron chi connectivity index (χ1n) is 4.06. The lowest BCUT2D eigenvalue weighted by atomic mass is 10.5. The van der Waals surface area contributed by atoms with E-state index in [2.05, 4.69) is 0 Å². The van der Waals surface area contributed by atoms with Crippen LogP contribution in [0.4, 0.5) is 0 Å². The summed E-state index contributed by atoms with van der Waals surface area (Å²) in [6, 6.07) is 0. The molecule has 0 amide bonds. The highest BCUT2D eigenvalue weighted by Gasteiger charge is 1.87. The maximum atomic E-state index is 5.25. The van der Waals surface area contributed by atoms with Gasteiger partial charge in [0.05, 0.1) is 13.2 Å². The number of hydrogen-bond donors (Lipinski definition) is 0. The highest BCUT2D eigenvalue weighted by Crippen LogP contribution is 1.83. The van der Waals surface area contributed by atoms with Crippen molar-refractivity contribution in [2.75, 3.05) is 33.0 Å². The molecule has 0 aromatic rings. The third-order valence-corrected chi connectivity index (χ3v) is 1.62. The topological polar surface area (TPSA) is 27.7 Å². The summed E-state index contributed by atoms with van der Waals surface area (Å²) in [5.74, 6) is 0. The van der Waals surface area contributed by atoms with E-state index in [4.69, 9.17) is 13.9 Å². The molecule has 0 heterocycles. The molecule has 0 radical (unpaired) electrons. The SMILES string of the molecule is CCOCCOCCCO[SiH3]. The van der Waals surface area contributed by atoms with Gasteiger partial charge in [0.25, 0.3) is 0 Å². The fourth-order valence-electron chi connectivity index (χ4n) is 0.670. The Bertz CT molecular complexity index is 62.7. The zero-order chi connectivity index (χ0) is 8.36. The van der Waals surface area contributed by atoms with Crippen LogP contribution in [-0.2, 0) is 13.9 Å². The molecular weight excluding hydrogens is 160 g/mol. The van der Waals surface area contributed by atoms with Crippen molar-refractivity contribution in [3.05, 3.63) is 0 Å². The molecule has 0 saturated carbocycles. The van der Waals surface area contributed by atoms with Gasteiger partial charge in [-0.05, 0) is 13.3 Å². The fourth-order valence-corrected chi connectivity index (χ4v) is 0.958. The molecular formula is C7H18O3Si. The van der Waals surface area contributed by atoms with Gasteiger partial charge in [0.15, 0.2) is 0 Å². The van der Waals surface area contributed by atoms with Crippen LogP contribution in [0, 0.1) is 0 Å². The van der Waals surface area contributed by atoms with E-state index >= 15 is 0 Å². The van der Waals surface area contributed by atoms with Crippen LogP contribution in [0.25, 0.3) is 0 Å². The summed E-state index contributed by atoms with van der Waals surface area (Å²) in [4.78, 5) is 0. The molecule has 11 heavy (non-hydrogen) atoms. The summed E-state index contributed by atoms with van der Waals surface area (Å²) in [6.07, 6.45) is 0.996. The van der Waals surface area contributed by atoms with E-state index in [0.29, 0.717) is 13.2 Å². The largest absolute Gasteiger partial charge is 0.428 e. The van der Waals surface area contributed by atoms with Crippen molar-refractivity contribution in [2.45, 2.75) is 13.3 Å². The van der Waals surface area contributed by atoms with Gasteiger partial charge in [-0.2, -0.15) is 0 Å². The fraction of sp³-hybridized carbons (Fsp3) is 1.00. The molecule has 0 N–H and O–H groups in total. The van der Waals surface area contributed by atoms with Gasteiger partial charge >= 0.3 is 0 Å². The first kappa shape index (κ1) is 11.1. The van der Waals surface area contributed by atoms with E-state index in [1.54, 1.807) is 0 Å². The van der Waals surface area contributed by atoms with Crippen molar-refractivity contribution < 1.29 is 13.9 Å².